The molecule has 1 aromatic rings. The number of hydrogen-bond donors (Lipinski definition) is 2. The van der Waals surface area contributed by atoms with Gasteiger partial charge >= 0.3 is 0 Å². The molecule has 0 saturated heterocycles. The van der Waals surface area contributed by atoms with Crippen LogP contribution < -0.4 is 4.72 Å². The molecule has 0 aromatic heterocycles. The number of aliphatic hydroxyl groups is 1. The molecular formula is C9H12FNO3S. The molecule has 1 atom stereocenters. The van der Waals surface area contributed by atoms with Gasteiger partial charge in [-0.1, -0.05) is 12.1 Å². The van der Waals surface area contributed by atoms with Gasteiger partial charge in [-0.3, -0.25) is 0 Å². The van der Waals surface area contributed by atoms with E-state index in [2.05, 4.69) is 4.72 Å². The van der Waals surface area contributed by atoms with Crippen molar-refractivity contribution in [2.75, 3.05) is 6.54 Å². The van der Waals surface area contributed by atoms with Gasteiger partial charge < -0.3 is 5.11 Å². The van der Waals surface area contributed by atoms with Crippen molar-refractivity contribution in [2.45, 2.75) is 17.9 Å². The lowest BCUT2D eigenvalue weighted by Crippen LogP contribution is -2.31. The largest absolute Gasteiger partial charge is 0.392 e. The first-order chi connectivity index (χ1) is 6.93. The number of rotatable bonds is 4. The predicted molar refractivity (Wildman–Crippen MR) is 53.3 cm³/mol. The van der Waals surface area contributed by atoms with E-state index in [9.17, 15) is 12.8 Å². The number of benzene rings is 1. The predicted octanol–water partition coefficient (Wildman–Crippen LogP) is 0.485. The summed E-state index contributed by atoms with van der Waals surface area (Å²) in [6.45, 7) is 1.29. The third-order valence-electron chi connectivity index (χ3n) is 1.69. The first-order valence-corrected chi connectivity index (χ1v) is 5.84. The second kappa shape index (κ2) is 4.69. The standard InChI is InChI=1S/C9H12FNO3S/c1-7(12)6-11-15(13,14)9-5-3-2-4-8(9)10/h2-5,7,11-12H,6H2,1H3/t7-/m0/s1. The van der Waals surface area contributed by atoms with E-state index in [1.54, 1.807) is 0 Å². The molecule has 1 aromatic carbocycles. The van der Waals surface area contributed by atoms with Gasteiger partial charge in [0.2, 0.25) is 10.0 Å². The van der Waals surface area contributed by atoms with Crippen LogP contribution in [-0.2, 0) is 10.0 Å². The molecule has 0 unspecified atom stereocenters. The van der Waals surface area contributed by atoms with Crippen LogP contribution in [0.25, 0.3) is 0 Å². The minimum absolute atomic E-state index is 0.142. The summed E-state index contributed by atoms with van der Waals surface area (Å²) in [6, 6.07) is 5.07. The molecular weight excluding hydrogens is 221 g/mol. The highest BCUT2D eigenvalue weighted by atomic mass is 32.2. The number of hydrogen-bond acceptors (Lipinski definition) is 3. The van der Waals surface area contributed by atoms with E-state index in [1.165, 1.54) is 25.1 Å². The Balaban J connectivity index is 2.92. The molecule has 0 fully saturated rings. The van der Waals surface area contributed by atoms with Crippen LogP contribution in [0, 0.1) is 5.82 Å². The molecule has 0 bridgehead atoms. The SMILES string of the molecule is C[C@H](O)CNS(=O)(=O)c1ccccc1F. The fourth-order valence-electron chi connectivity index (χ4n) is 0.971. The maximum absolute atomic E-state index is 13.1. The Morgan fingerprint density at radius 1 is 1.47 bits per heavy atom. The highest BCUT2D eigenvalue weighted by molar-refractivity contribution is 7.89. The summed E-state index contributed by atoms with van der Waals surface area (Å²) in [4.78, 5) is -0.411. The van der Waals surface area contributed by atoms with Crippen molar-refractivity contribution in [2.24, 2.45) is 0 Å². The Hall–Kier alpha value is -0.980. The maximum Gasteiger partial charge on any atom is 0.243 e. The van der Waals surface area contributed by atoms with Crippen molar-refractivity contribution < 1.29 is 17.9 Å². The zero-order valence-corrected chi connectivity index (χ0v) is 8.96. The van der Waals surface area contributed by atoms with Crippen LogP contribution in [0.2, 0.25) is 0 Å². The average Bonchev–Trinajstić information content (AvgIpc) is 2.15. The molecule has 0 aliphatic carbocycles. The van der Waals surface area contributed by atoms with E-state index in [0.717, 1.165) is 6.07 Å². The van der Waals surface area contributed by atoms with Gasteiger partial charge in [0.05, 0.1) is 6.10 Å². The Morgan fingerprint density at radius 3 is 2.60 bits per heavy atom. The zero-order valence-electron chi connectivity index (χ0n) is 8.14. The van der Waals surface area contributed by atoms with E-state index in [4.69, 9.17) is 5.11 Å². The molecule has 2 N–H and O–H groups in total. The van der Waals surface area contributed by atoms with Gasteiger partial charge in [-0.15, -0.1) is 0 Å². The van der Waals surface area contributed by atoms with Crippen LogP contribution in [0.4, 0.5) is 4.39 Å². The molecule has 15 heavy (non-hydrogen) atoms. The number of aliphatic hydroxyl groups excluding tert-OH is 1. The Labute approximate surface area is 87.8 Å². The van der Waals surface area contributed by atoms with Crippen molar-refractivity contribution in [1.82, 2.24) is 4.72 Å². The molecule has 0 spiro atoms. The molecule has 84 valence electrons. The highest BCUT2D eigenvalue weighted by Gasteiger charge is 2.18. The molecule has 0 saturated carbocycles. The summed E-state index contributed by atoms with van der Waals surface area (Å²) in [6.07, 6.45) is -0.813. The summed E-state index contributed by atoms with van der Waals surface area (Å²) >= 11 is 0. The third-order valence-corrected chi connectivity index (χ3v) is 3.15. The van der Waals surface area contributed by atoms with Crippen LogP contribution in [-0.4, -0.2) is 26.2 Å². The second-order valence-corrected chi connectivity index (χ2v) is 4.87. The van der Waals surface area contributed by atoms with Crippen LogP contribution in [0.1, 0.15) is 6.92 Å². The van der Waals surface area contributed by atoms with E-state index < -0.39 is 26.8 Å². The van der Waals surface area contributed by atoms with Crippen molar-refractivity contribution in [3.05, 3.63) is 30.1 Å². The topological polar surface area (TPSA) is 66.4 Å². The summed E-state index contributed by atoms with van der Waals surface area (Å²) in [5.41, 5.74) is 0. The second-order valence-electron chi connectivity index (χ2n) is 3.13. The molecule has 1 rings (SSSR count). The van der Waals surface area contributed by atoms with Gasteiger partial charge in [0.1, 0.15) is 10.7 Å². The van der Waals surface area contributed by atoms with Gasteiger partial charge in [0.15, 0.2) is 0 Å². The fourth-order valence-corrected chi connectivity index (χ4v) is 2.17. The quantitative estimate of drug-likeness (QED) is 0.795. The van der Waals surface area contributed by atoms with Crippen molar-refractivity contribution in [3.63, 3.8) is 0 Å². The normalized spacial score (nSPS) is 13.8. The average molecular weight is 233 g/mol. The van der Waals surface area contributed by atoms with Crippen LogP contribution in [0.3, 0.4) is 0 Å². The maximum atomic E-state index is 13.1. The summed E-state index contributed by atoms with van der Waals surface area (Å²) < 4.78 is 38.2. The lowest BCUT2D eigenvalue weighted by molar-refractivity contribution is 0.198. The smallest absolute Gasteiger partial charge is 0.243 e. The number of nitrogens with one attached hydrogen (secondary N) is 1. The van der Waals surface area contributed by atoms with Crippen molar-refractivity contribution >= 4 is 10.0 Å². The first-order valence-electron chi connectivity index (χ1n) is 4.36. The lowest BCUT2D eigenvalue weighted by atomic mass is 10.4. The van der Waals surface area contributed by atoms with Gasteiger partial charge in [-0.05, 0) is 19.1 Å². The van der Waals surface area contributed by atoms with Gasteiger partial charge in [-0.2, -0.15) is 0 Å². The molecule has 0 heterocycles. The van der Waals surface area contributed by atoms with Crippen LogP contribution in [0.5, 0.6) is 0 Å². The van der Waals surface area contributed by atoms with Gasteiger partial charge in [0, 0.05) is 6.54 Å². The van der Waals surface area contributed by atoms with Crippen LogP contribution >= 0.6 is 0 Å². The van der Waals surface area contributed by atoms with Crippen molar-refractivity contribution in [1.29, 1.82) is 0 Å². The summed E-state index contributed by atoms with van der Waals surface area (Å²) in [5.74, 6) is -0.810. The zero-order chi connectivity index (χ0) is 11.5. The number of sulfonamides is 1. The van der Waals surface area contributed by atoms with Gasteiger partial charge in [0.25, 0.3) is 0 Å². The van der Waals surface area contributed by atoms with E-state index >= 15 is 0 Å². The molecule has 0 radical (unpaired) electrons. The van der Waals surface area contributed by atoms with Gasteiger partial charge in [-0.25, -0.2) is 17.5 Å². The Bertz CT molecular complexity index is 431. The van der Waals surface area contributed by atoms with E-state index in [-0.39, 0.29) is 6.54 Å². The summed E-state index contributed by atoms with van der Waals surface area (Å²) in [5, 5.41) is 8.91. The Morgan fingerprint density at radius 2 is 2.07 bits per heavy atom. The molecule has 4 nitrogen and oxygen atoms in total. The molecule has 0 amide bonds. The number of halogens is 1. The van der Waals surface area contributed by atoms with E-state index in [1.807, 2.05) is 0 Å². The fraction of sp³-hybridized carbons (Fsp3) is 0.333. The third kappa shape index (κ3) is 3.26. The lowest BCUT2D eigenvalue weighted by Gasteiger charge is -2.08. The van der Waals surface area contributed by atoms with Crippen molar-refractivity contribution in [3.8, 4) is 0 Å². The summed E-state index contributed by atoms with van der Waals surface area (Å²) in [7, 11) is -3.87. The van der Waals surface area contributed by atoms with Crippen LogP contribution in [0.15, 0.2) is 29.2 Å². The molecule has 6 heteroatoms. The minimum atomic E-state index is -3.87. The molecule has 0 aliphatic rings. The minimum Gasteiger partial charge on any atom is -0.392 e. The monoisotopic (exact) mass is 233 g/mol. The van der Waals surface area contributed by atoms with E-state index in [0.29, 0.717) is 0 Å². The Kier molecular flexibility index (Phi) is 3.78. The first kappa shape index (κ1) is 12.1. The molecule has 0 aliphatic heterocycles. The highest BCUT2D eigenvalue weighted by Crippen LogP contribution is 2.12.